The van der Waals surface area contributed by atoms with E-state index in [0.29, 0.717) is 36.3 Å². The Balaban J connectivity index is 1.86. The molecular formula is C30H37F2NO5. The lowest BCUT2D eigenvalue weighted by molar-refractivity contribution is -0.180. The Hall–Kier alpha value is -3.29. The van der Waals surface area contributed by atoms with Gasteiger partial charge in [0.05, 0.1) is 12.2 Å². The summed E-state index contributed by atoms with van der Waals surface area (Å²) in [4.78, 5) is 37.6. The van der Waals surface area contributed by atoms with Crippen LogP contribution in [0.3, 0.4) is 0 Å². The normalized spacial score (nSPS) is 17.1. The lowest BCUT2D eigenvalue weighted by atomic mass is 9.72. The van der Waals surface area contributed by atoms with Crippen LogP contribution in [-0.2, 0) is 16.0 Å². The van der Waals surface area contributed by atoms with Crippen LogP contribution in [0.5, 0.6) is 5.75 Å². The fourth-order valence-electron chi connectivity index (χ4n) is 5.40. The maximum Gasteiger partial charge on any atom is 0.329 e. The first kappa shape index (κ1) is 29.3. The van der Waals surface area contributed by atoms with Crippen LogP contribution in [-0.4, -0.2) is 40.8 Å². The van der Waals surface area contributed by atoms with Crippen LogP contribution in [0.15, 0.2) is 42.5 Å². The molecule has 2 aromatic carbocycles. The van der Waals surface area contributed by atoms with Crippen molar-refractivity contribution in [1.29, 1.82) is 0 Å². The van der Waals surface area contributed by atoms with E-state index >= 15 is 0 Å². The van der Waals surface area contributed by atoms with Gasteiger partial charge in [-0.2, -0.15) is 0 Å². The van der Waals surface area contributed by atoms with Gasteiger partial charge in [0.1, 0.15) is 11.3 Å². The number of aliphatic carboxylic acids is 1. The monoisotopic (exact) mass is 529 g/mol. The van der Waals surface area contributed by atoms with Gasteiger partial charge in [0.25, 0.3) is 5.92 Å². The number of benzene rings is 2. The second-order valence-electron chi connectivity index (χ2n) is 10.4. The Morgan fingerprint density at radius 2 is 1.76 bits per heavy atom. The van der Waals surface area contributed by atoms with Gasteiger partial charge in [0.2, 0.25) is 5.91 Å². The first-order valence-electron chi connectivity index (χ1n) is 13.1. The van der Waals surface area contributed by atoms with Crippen molar-refractivity contribution >= 4 is 17.7 Å². The Bertz CT molecular complexity index is 1160. The van der Waals surface area contributed by atoms with Crippen molar-refractivity contribution in [2.24, 2.45) is 5.92 Å². The summed E-state index contributed by atoms with van der Waals surface area (Å²) in [6.07, 6.45) is 0.943. The van der Waals surface area contributed by atoms with E-state index < -0.39 is 42.1 Å². The molecule has 206 valence electrons. The molecule has 0 saturated heterocycles. The maximum atomic E-state index is 13.7. The predicted molar refractivity (Wildman–Crippen MR) is 141 cm³/mol. The van der Waals surface area contributed by atoms with Crippen LogP contribution in [0, 0.1) is 12.8 Å². The quantitative estimate of drug-likeness (QED) is 0.242. The maximum absolute atomic E-state index is 13.7. The van der Waals surface area contributed by atoms with Gasteiger partial charge in [-0.1, -0.05) is 49.7 Å². The molecule has 1 amide bonds. The largest absolute Gasteiger partial charge is 0.493 e. The molecule has 0 spiro atoms. The summed E-state index contributed by atoms with van der Waals surface area (Å²) in [5.41, 5.74) is 1.18. The van der Waals surface area contributed by atoms with Crippen LogP contribution < -0.4 is 10.1 Å². The zero-order chi connectivity index (χ0) is 28.1. The SMILES string of the molecule is CCOc1cc(C(C)C(CCCCc2ccccc2)C(=O)NC2(C(=O)O)CC(F)(F)C2)cc(C)c1C(C)=O. The van der Waals surface area contributed by atoms with Crippen molar-refractivity contribution in [2.75, 3.05) is 6.61 Å². The average Bonchev–Trinajstić information content (AvgIpc) is 2.82. The summed E-state index contributed by atoms with van der Waals surface area (Å²) in [7, 11) is 0. The minimum absolute atomic E-state index is 0.130. The zero-order valence-corrected chi connectivity index (χ0v) is 22.5. The van der Waals surface area contributed by atoms with Crippen molar-refractivity contribution in [3.05, 3.63) is 64.7 Å². The molecule has 0 radical (unpaired) electrons. The van der Waals surface area contributed by atoms with Gasteiger partial charge in [0, 0.05) is 18.8 Å². The highest BCUT2D eigenvalue weighted by molar-refractivity contribution is 5.98. The van der Waals surface area contributed by atoms with Gasteiger partial charge in [-0.05, 0) is 68.7 Å². The third kappa shape index (κ3) is 6.77. The van der Waals surface area contributed by atoms with Crippen molar-refractivity contribution in [3.8, 4) is 5.75 Å². The van der Waals surface area contributed by atoms with Crippen LogP contribution in [0.4, 0.5) is 8.78 Å². The molecule has 1 aliphatic carbocycles. The number of aryl methyl sites for hydroxylation is 2. The Kier molecular flexibility index (Phi) is 9.28. The van der Waals surface area contributed by atoms with Crippen molar-refractivity contribution in [2.45, 2.75) is 83.6 Å². The highest BCUT2D eigenvalue weighted by Gasteiger charge is 2.62. The van der Waals surface area contributed by atoms with Crippen molar-refractivity contribution in [3.63, 3.8) is 0 Å². The third-order valence-corrected chi connectivity index (χ3v) is 7.41. The van der Waals surface area contributed by atoms with E-state index in [9.17, 15) is 28.3 Å². The number of carbonyl (C=O) groups excluding carboxylic acids is 2. The molecule has 2 atom stereocenters. The van der Waals surface area contributed by atoms with E-state index in [0.717, 1.165) is 18.4 Å². The van der Waals surface area contributed by atoms with E-state index in [1.807, 2.05) is 50.2 Å². The molecule has 8 heteroatoms. The summed E-state index contributed by atoms with van der Waals surface area (Å²) in [6, 6.07) is 13.6. The number of alkyl halides is 2. The fraction of sp³-hybridized carbons (Fsp3) is 0.500. The minimum atomic E-state index is -3.12. The second-order valence-corrected chi connectivity index (χ2v) is 10.4. The molecule has 1 fully saturated rings. The van der Waals surface area contributed by atoms with Crippen LogP contribution in [0.1, 0.15) is 85.8 Å². The van der Waals surface area contributed by atoms with E-state index in [1.165, 1.54) is 12.5 Å². The van der Waals surface area contributed by atoms with Crippen LogP contribution in [0.25, 0.3) is 0 Å². The summed E-state index contributed by atoms with van der Waals surface area (Å²) < 4.78 is 33.1. The molecule has 0 aliphatic heterocycles. The number of carbonyl (C=O) groups is 3. The fourth-order valence-corrected chi connectivity index (χ4v) is 5.40. The number of ether oxygens (including phenoxy) is 1. The molecule has 2 aromatic rings. The van der Waals surface area contributed by atoms with Gasteiger partial charge in [0.15, 0.2) is 5.78 Å². The first-order chi connectivity index (χ1) is 17.9. The van der Waals surface area contributed by atoms with Crippen LogP contribution in [0.2, 0.25) is 0 Å². The number of Topliss-reactive ketones (excluding diaryl/α,β-unsaturated/α-hetero) is 1. The molecule has 0 bridgehead atoms. The number of ketones is 1. The van der Waals surface area contributed by atoms with Crippen molar-refractivity contribution < 1.29 is 33.0 Å². The number of halogens is 2. The van der Waals surface area contributed by atoms with Gasteiger partial charge in [-0.3, -0.25) is 9.59 Å². The van der Waals surface area contributed by atoms with Gasteiger partial charge < -0.3 is 15.2 Å². The topological polar surface area (TPSA) is 92.7 Å². The summed E-state index contributed by atoms with van der Waals surface area (Å²) in [5, 5.41) is 12.1. The highest BCUT2D eigenvalue weighted by atomic mass is 19.3. The van der Waals surface area contributed by atoms with Gasteiger partial charge in [-0.25, -0.2) is 13.6 Å². The minimum Gasteiger partial charge on any atom is -0.493 e. The molecule has 1 saturated carbocycles. The highest BCUT2D eigenvalue weighted by Crippen LogP contribution is 2.46. The van der Waals surface area contributed by atoms with Gasteiger partial charge in [-0.15, -0.1) is 0 Å². The third-order valence-electron chi connectivity index (χ3n) is 7.41. The number of rotatable bonds is 13. The lowest BCUT2D eigenvalue weighted by Gasteiger charge is -2.45. The number of nitrogens with one attached hydrogen (secondary N) is 1. The molecule has 0 heterocycles. The summed E-state index contributed by atoms with van der Waals surface area (Å²) in [5.74, 6) is -5.85. The smallest absolute Gasteiger partial charge is 0.329 e. The molecule has 2 unspecified atom stereocenters. The van der Waals surface area contributed by atoms with E-state index in [2.05, 4.69) is 5.32 Å². The Labute approximate surface area is 222 Å². The number of hydrogen-bond acceptors (Lipinski definition) is 4. The van der Waals surface area contributed by atoms with E-state index in [1.54, 1.807) is 13.0 Å². The van der Waals surface area contributed by atoms with E-state index in [-0.39, 0.29) is 11.7 Å². The predicted octanol–water partition coefficient (Wildman–Crippen LogP) is 6.10. The molecule has 3 rings (SSSR count). The standard InChI is InChI=1S/C30H37F2NO5/c1-5-38-25-16-23(15-19(2)26(25)21(4)34)20(3)24(14-10-9-13-22-11-7-6-8-12-22)27(35)33-29(28(36)37)17-30(31,32)18-29/h6-8,11-12,15-16,20,24H,5,9-10,13-14,17-18H2,1-4H3,(H,33,35)(H,36,37). The number of amides is 1. The molecule has 38 heavy (non-hydrogen) atoms. The number of hydrogen-bond donors (Lipinski definition) is 2. The van der Waals surface area contributed by atoms with Crippen LogP contribution >= 0.6 is 0 Å². The average molecular weight is 530 g/mol. The van der Waals surface area contributed by atoms with Gasteiger partial charge >= 0.3 is 5.97 Å². The van der Waals surface area contributed by atoms with Crippen molar-refractivity contribution in [1.82, 2.24) is 5.32 Å². The van der Waals surface area contributed by atoms with E-state index in [4.69, 9.17) is 4.74 Å². The molecule has 1 aliphatic rings. The molecular weight excluding hydrogens is 492 g/mol. The number of unbranched alkanes of at least 4 members (excludes halogenated alkanes) is 1. The molecule has 0 aromatic heterocycles. The Morgan fingerprint density at radius 3 is 2.32 bits per heavy atom. The molecule has 6 nitrogen and oxygen atoms in total. The Morgan fingerprint density at radius 1 is 1.11 bits per heavy atom. The summed E-state index contributed by atoms with van der Waals surface area (Å²) in [6.45, 7) is 7.31. The zero-order valence-electron chi connectivity index (χ0n) is 22.5. The molecule has 2 N–H and O–H groups in total. The number of carboxylic acid groups (broad SMARTS) is 1. The lowest BCUT2D eigenvalue weighted by Crippen LogP contribution is -2.67. The first-order valence-corrected chi connectivity index (χ1v) is 13.1. The summed E-state index contributed by atoms with van der Waals surface area (Å²) >= 11 is 0. The number of carboxylic acids is 1. The second kappa shape index (κ2) is 12.0.